The summed E-state index contributed by atoms with van der Waals surface area (Å²) in [4.78, 5) is 16.0. The summed E-state index contributed by atoms with van der Waals surface area (Å²) in [5.41, 5.74) is 2.97. The van der Waals surface area contributed by atoms with Gasteiger partial charge in [-0.15, -0.1) is 5.10 Å². The Morgan fingerprint density at radius 3 is 2.42 bits per heavy atom. The number of aromatic nitrogens is 4. The van der Waals surface area contributed by atoms with Crippen LogP contribution in [0.15, 0.2) is 83.7 Å². The van der Waals surface area contributed by atoms with Crippen LogP contribution in [0.5, 0.6) is 5.75 Å². The highest BCUT2D eigenvalue weighted by molar-refractivity contribution is 7.71. The van der Waals surface area contributed by atoms with E-state index < -0.39 is 0 Å². The largest absolute Gasteiger partial charge is 0.497 e. The normalized spacial score (nSPS) is 13.6. The zero-order valence-electron chi connectivity index (χ0n) is 20.1. The molecule has 6 rings (SSSR count). The second-order valence-electron chi connectivity index (χ2n) is 9.28. The maximum Gasteiger partial charge on any atom is 0.263 e. The lowest BCUT2D eigenvalue weighted by molar-refractivity contribution is 0.187. The molecule has 1 aliphatic carbocycles. The highest BCUT2D eigenvalue weighted by Crippen LogP contribution is 2.29. The van der Waals surface area contributed by atoms with Gasteiger partial charge in [-0.2, -0.15) is 0 Å². The van der Waals surface area contributed by atoms with E-state index in [0.29, 0.717) is 35.2 Å². The molecule has 2 heterocycles. The van der Waals surface area contributed by atoms with E-state index in [1.807, 2.05) is 75.8 Å². The van der Waals surface area contributed by atoms with Crippen molar-refractivity contribution in [2.24, 2.45) is 0 Å². The van der Waals surface area contributed by atoms with Gasteiger partial charge in [0.2, 0.25) is 10.5 Å². The Hall–Kier alpha value is -3.75. The zero-order chi connectivity index (χ0) is 24.6. The molecule has 0 amide bonds. The van der Waals surface area contributed by atoms with Gasteiger partial charge in [-0.1, -0.05) is 54.6 Å². The molecule has 0 unspecified atom stereocenters. The van der Waals surface area contributed by atoms with Crippen molar-refractivity contribution in [1.29, 1.82) is 0 Å². The Bertz CT molecular complexity index is 1650. The molecule has 1 aliphatic rings. The molecule has 0 saturated heterocycles. The van der Waals surface area contributed by atoms with Gasteiger partial charge in [0, 0.05) is 12.6 Å². The molecule has 1 saturated carbocycles. The van der Waals surface area contributed by atoms with Crippen LogP contribution in [0, 0.1) is 4.77 Å². The Labute approximate surface area is 213 Å². The predicted octanol–water partition coefficient (Wildman–Crippen LogP) is 4.86. The lowest BCUT2D eigenvalue weighted by Gasteiger charge is -2.21. The van der Waals surface area contributed by atoms with Crippen LogP contribution in [0.25, 0.3) is 16.7 Å². The molecule has 0 radical (unpaired) electrons. The Kier molecular flexibility index (Phi) is 5.91. The van der Waals surface area contributed by atoms with Crippen molar-refractivity contribution in [3.63, 3.8) is 0 Å². The lowest BCUT2D eigenvalue weighted by Crippen LogP contribution is -2.29. The van der Waals surface area contributed by atoms with Crippen LogP contribution >= 0.6 is 12.2 Å². The average molecular weight is 498 g/mol. The summed E-state index contributed by atoms with van der Waals surface area (Å²) in [5.74, 6) is 1.41. The fourth-order valence-corrected chi connectivity index (χ4v) is 5.02. The van der Waals surface area contributed by atoms with Gasteiger partial charge in [0.25, 0.3) is 5.56 Å². The van der Waals surface area contributed by atoms with Gasteiger partial charge >= 0.3 is 0 Å². The van der Waals surface area contributed by atoms with E-state index in [-0.39, 0.29) is 5.56 Å². The minimum Gasteiger partial charge on any atom is -0.497 e. The molecule has 8 heteroatoms. The first-order valence-electron chi connectivity index (χ1n) is 12.1. The minimum absolute atomic E-state index is 0.0635. The molecule has 7 nitrogen and oxygen atoms in total. The molecule has 36 heavy (non-hydrogen) atoms. The van der Waals surface area contributed by atoms with E-state index in [4.69, 9.17) is 22.1 Å². The van der Waals surface area contributed by atoms with E-state index in [9.17, 15) is 4.79 Å². The molecule has 5 aromatic rings. The number of ether oxygens (including phenoxy) is 1. The summed E-state index contributed by atoms with van der Waals surface area (Å²) >= 11 is 5.95. The first kappa shape index (κ1) is 22.7. The van der Waals surface area contributed by atoms with E-state index >= 15 is 0 Å². The molecule has 0 aliphatic heterocycles. The first-order valence-corrected chi connectivity index (χ1v) is 12.6. The number of methoxy groups -OCH3 is 1. The highest BCUT2D eigenvalue weighted by Gasteiger charge is 2.30. The van der Waals surface area contributed by atoms with Gasteiger partial charge in [-0.3, -0.25) is 18.7 Å². The maximum absolute atomic E-state index is 13.5. The quantitative estimate of drug-likeness (QED) is 0.287. The topological polar surface area (TPSA) is 56.7 Å². The number of rotatable bonds is 8. The van der Waals surface area contributed by atoms with Crippen molar-refractivity contribution in [3.05, 3.63) is 105 Å². The Morgan fingerprint density at radius 2 is 1.69 bits per heavy atom. The monoisotopic (exact) mass is 497 g/mol. The standard InChI is InChI=1S/C28H27N5O2S/c1-35-23-15-11-21(12-16-23)17-30(22-13-14-22)19-32-28(36)33-25-10-6-5-9-24(25)26(34)31(27(33)29-32)18-20-7-3-2-4-8-20/h2-12,15-16,22H,13-14,17-19H2,1H3. The molecular formula is C28H27N5O2S. The second-order valence-corrected chi connectivity index (χ2v) is 9.64. The molecular weight excluding hydrogens is 470 g/mol. The number of benzene rings is 3. The van der Waals surface area contributed by atoms with Crippen molar-refractivity contribution in [2.75, 3.05) is 7.11 Å². The Morgan fingerprint density at radius 1 is 0.972 bits per heavy atom. The van der Waals surface area contributed by atoms with E-state index in [2.05, 4.69) is 17.0 Å². The molecule has 3 aromatic carbocycles. The van der Waals surface area contributed by atoms with Crippen LogP contribution in [-0.2, 0) is 19.8 Å². The van der Waals surface area contributed by atoms with Gasteiger partial charge < -0.3 is 4.74 Å². The number of fused-ring (bicyclic) bond motifs is 3. The van der Waals surface area contributed by atoms with Gasteiger partial charge in [0.15, 0.2) is 0 Å². The fourth-order valence-electron chi connectivity index (χ4n) is 4.74. The van der Waals surface area contributed by atoms with Crippen LogP contribution in [-0.4, -0.2) is 36.8 Å². The van der Waals surface area contributed by atoms with Crippen LogP contribution in [0.1, 0.15) is 24.0 Å². The number of hydrogen-bond donors (Lipinski definition) is 0. The summed E-state index contributed by atoms with van der Waals surface area (Å²) in [7, 11) is 1.68. The SMILES string of the molecule is COc1ccc(CN(Cn2nc3n(Cc4ccccc4)c(=O)c4ccccc4n3c2=S)C2CC2)cc1. The molecule has 0 spiro atoms. The zero-order valence-corrected chi connectivity index (χ0v) is 20.9. The second kappa shape index (κ2) is 9.37. The number of para-hydroxylation sites is 1. The molecule has 2 aromatic heterocycles. The summed E-state index contributed by atoms with van der Waals surface area (Å²) in [6, 6.07) is 26.3. The highest BCUT2D eigenvalue weighted by atomic mass is 32.1. The van der Waals surface area contributed by atoms with Crippen LogP contribution < -0.4 is 10.3 Å². The maximum atomic E-state index is 13.5. The first-order chi connectivity index (χ1) is 17.6. The predicted molar refractivity (Wildman–Crippen MR) is 143 cm³/mol. The fraction of sp³-hybridized carbons (Fsp3) is 0.250. The third-order valence-corrected chi connectivity index (χ3v) is 7.18. The smallest absolute Gasteiger partial charge is 0.263 e. The lowest BCUT2D eigenvalue weighted by atomic mass is 10.2. The number of hydrogen-bond acceptors (Lipinski definition) is 5. The molecule has 0 bridgehead atoms. The van der Waals surface area contributed by atoms with Crippen LogP contribution in [0.2, 0.25) is 0 Å². The summed E-state index contributed by atoms with van der Waals surface area (Å²) in [6.45, 7) is 1.78. The molecule has 182 valence electrons. The van der Waals surface area contributed by atoms with Crippen LogP contribution in [0.3, 0.4) is 0 Å². The summed E-state index contributed by atoms with van der Waals surface area (Å²) < 4.78 is 11.4. The molecule has 0 N–H and O–H groups in total. The van der Waals surface area contributed by atoms with Gasteiger partial charge in [-0.05, 0) is 60.5 Å². The van der Waals surface area contributed by atoms with Gasteiger partial charge in [0.1, 0.15) is 5.75 Å². The van der Waals surface area contributed by atoms with Gasteiger partial charge in [-0.25, -0.2) is 4.68 Å². The average Bonchev–Trinajstić information content (AvgIpc) is 3.71. The van der Waals surface area contributed by atoms with Crippen LogP contribution in [0.4, 0.5) is 0 Å². The molecule has 1 fully saturated rings. The summed E-state index contributed by atoms with van der Waals surface area (Å²) in [6.07, 6.45) is 2.33. The van der Waals surface area contributed by atoms with E-state index in [1.165, 1.54) is 18.4 Å². The van der Waals surface area contributed by atoms with Crippen molar-refractivity contribution >= 4 is 28.9 Å². The minimum atomic E-state index is -0.0635. The van der Waals surface area contributed by atoms with Crippen molar-refractivity contribution in [2.45, 2.75) is 38.6 Å². The summed E-state index contributed by atoms with van der Waals surface area (Å²) in [5, 5.41) is 5.55. The van der Waals surface area contributed by atoms with Gasteiger partial charge in [0.05, 0.1) is 31.2 Å². The molecule has 0 atom stereocenters. The van der Waals surface area contributed by atoms with E-state index in [0.717, 1.165) is 23.4 Å². The van der Waals surface area contributed by atoms with Crippen molar-refractivity contribution in [3.8, 4) is 5.75 Å². The Balaban J connectivity index is 1.43. The third kappa shape index (κ3) is 4.23. The van der Waals surface area contributed by atoms with Crippen molar-refractivity contribution < 1.29 is 4.74 Å². The number of nitrogens with zero attached hydrogens (tertiary/aromatic N) is 5. The van der Waals surface area contributed by atoms with Crippen molar-refractivity contribution in [1.82, 2.24) is 23.6 Å². The third-order valence-electron chi connectivity index (χ3n) is 6.79. The van der Waals surface area contributed by atoms with E-state index in [1.54, 1.807) is 11.7 Å².